The summed E-state index contributed by atoms with van der Waals surface area (Å²) in [6, 6.07) is 20.3. The van der Waals surface area contributed by atoms with E-state index in [-0.39, 0.29) is 18.4 Å². The molecule has 3 aromatic rings. The van der Waals surface area contributed by atoms with Crippen LogP contribution in [0, 0.1) is 0 Å². The molecule has 0 saturated heterocycles. The van der Waals surface area contributed by atoms with Crippen LogP contribution in [0.15, 0.2) is 78.9 Å². The summed E-state index contributed by atoms with van der Waals surface area (Å²) in [6.45, 7) is 0.413. The van der Waals surface area contributed by atoms with Gasteiger partial charge in [-0.2, -0.15) is 13.2 Å². The van der Waals surface area contributed by atoms with Gasteiger partial charge in [0, 0.05) is 6.42 Å². The number of benzene rings is 3. The first kappa shape index (κ1) is 24.8. The number of rotatable bonds is 9. The summed E-state index contributed by atoms with van der Waals surface area (Å²) < 4.78 is 49.2. The van der Waals surface area contributed by atoms with Gasteiger partial charge in [0.05, 0.1) is 19.1 Å². The lowest BCUT2D eigenvalue weighted by molar-refractivity contribution is -0.145. The fraction of sp³-hybridized carbons (Fsp3) is 0.231. The summed E-state index contributed by atoms with van der Waals surface area (Å²) in [5, 5.41) is 2.56. The topological polar surface area (TPSA) is 64.6 Å². The Morgan fingerprint density at radius 3 is 2.21 bits per heavy atom. The molecule has 0 aromatic heterocycles. The van der Waals surface area contributed by atoms with Crippen molar-refractivity contribution in [2.75, 3.05) is 7.11 Å². The lowest BCUT2D eigenvalue weighted by atomic mass is 10.0. The zero-order valence-corrected chi connectivity index (χ0v) is 18.5. The minimum atomic E-state index is -4.50. The molecule has 1 N–H and O–H groups in total. The predicted molar refractivity (Wildman–Crippen MR) is 120 cm³/mol. The predicted octanol–water partition coefficient (Wildman–Crippen LogP) is 4.73. The number of halogens is 3. The molecule has 5 nitrogen and oxygen atoms in total. The minimum Gasteiger partial charge on any atom is -0.489 e. The van der Waals surface area contributed by atoms with Crippen molar-refractivity contribution >= 4 is 11.9 Å². The van der Waals surface area contributed by atoms with Gasteiger partial charge in [-0.15, -0.1) is 0 Å². The van der Waals surface area contributed by atoms with Gasteiger partial charge in [0.15, 0.2) is 0 Å². The Morgan fingerprint density at radius 1 is 0.882 bits per heavy atom. The Balaban J connectivity index is 1.60. The highest BCUT2D eigenvalue weighted by Crippen LogP contribution is 2.29. The summed E-state index contributed by atoms with van der Waals surface area (Å²) in [5.74, 6) is -0.588. The van der Waals surface area contributed by atoms with Crippen LogP contribution in [0.2, 0.25) is 0 Å². The summed E-state index contributed by atoms with van der Waals surface area (Å²) in [5.41, 5.74) is 1.13. The van der Waals surface area contributed by atoms with Crippen molar-refractivity contribution in [1.82, 2.24) is 5.32 Å². The molecule has 1 amide bonds. The lowest BCUT2D eigenvalue weighted by Gasteiger charge is -2.17. The molecule has 0 radical (unpaired) electrons. The van der Waals surface area contributed by atoms with Crippen molar-refractivity contribution in [1.29, 1.82) is 0 Å². The van der Waals surface area contributed by atoms with E-state index in [9.17, 15) is 22.8 Å². The van der Waals surface area contributed by atoms with Gasteiger partial charge >= 0.3 is 12.1 Å². The van der Waals surface area contributed by atoms with Crippen LogP contribution in [0.1, 0.15) is 22.3 Å². The van der Waals surface area contributed by atoms with E-state index in [0.29, 0.717) is 12.4 Å². The van der Waals surface area contributed by atoms with E-state index in [1.54, 1.807) is 24.3 Å². The largest absolute Gasteiger partial charge is 0.489 e. The Kier molecular flexibility index (Phi) is 8.29. The monoisotopic (exact) mass is 471 g/mol. The van der Waals surface area contributed by atoms with Crippen LogP contribution in [0.5, 0.6) is 5.75 Å². The van der Waals surface area contributed by atoms with Crippen LogP contribution in [-0.4, -0.2) is 25.0 Å². The molecule has 0 spiro atoms. The number of esters is 1. The SMILES string of the molecule is COC(=O)[C@@H](Cc1ccc(OCc2ccccc2)cc1)NC(=O)Cc1cccc(C(F)(F)F)c1. The molecule has 0 heterocycles. The number of hydrogen-bond acceptors (Lipinski definition) is 4. The number of amides is 1. The number of nitrogens with one attached hydrogen (secondary N) is 1. The van der Waals surface area contributed by atoms with E-state index >= 15 is 0 Å². The molecule has 0 bridgehead atoms. The molecule has 0 saturated carbocycles. The van der Waals surface area contributed by atoms with Gasteiger partial charge < -0.3 is 14.8 Å². The third kappa shape index (κ3) is 7.37. The molecule has 0 fully saturated rings. The smallest absolute Gasteiger partial charge is 0.416 e. The zero-order valence-electron chi connectivity index (χ0n) is 18.5. The second-order valence-electron chi connectivity index (χ2n) is 7.64. The number of carbonyl (C=O) groups excluding carboxylic acids is 2. The van der Waals surface area contributed by atoms with E-state index in [0.717, 1.165) is 23.3 Å². The summed E-state index contributed by atoms with van der Waals surface area (Å²) in [6.07, 6.45) is -4.65. The average molecular weight is 471 g/mol. The molecule has 0 aliphatic rings. The number of ether oxygens (including phenoxy) is 2. The number of carbonyl (C=O) groups is 2. The molecule has 3 aromatic carbocycles. The number of alkyl halides is 3. The molecule has 3 rings (SSSR count). The summed E-state index contributed by atoms with van der Waals surface area (Å²) >= 11 is 0. The van der Waals surface area contributed by atoms with Crippen molar-refractivity contribution in [3.05, 3.63) is 101 Å². The molecular formula is C26H24F3NO4. The van der Waals surface area contributed by atoms with E-state index in [4.69, 9.17) is 9.47 Å². The quantitative estimate of drug-likeness (QED) is 0.459. The number of methoxy groups -OCH3 is 1. The maximum absolute atomic E-state index is 12.9. The highest BCUT2D eigenvalue weighted by Gasteiger charge is 2.30. The fourth-order valence-corrected chi connectivity index (χ4v) is 3.32. The summed E-state index contributed by atoms with van der Waals surface area (Å²) in [4.78, 5) is 24.7. The standard InChI is InChI=1S/C26H24F3NO4/c1-33-25(32)23(30-24(31)16-20-8-5-9-21(14-20)26(27,28)29)15-18-10-12-22(13-11-18)34-17-19-6-3-2-4-7-19/h2-14,23H,15-17H2,1H3,(H,30,31)/t23-/m1/s1. The van der Waals surface area contributed by atoms with Crippen LogP contribution in [0.25, 0.3) is 0 Å². The van der Waals surface area contributed by atoms with Gasteiger partial charge in [0.1, 0.15) is 18.4 Å². The van der Waals surface area contributed by atoms with E-state index in [1.165, 1.54) is 19.2 Å². The zero-order chi connectivity index (χ0) is 24.6. The van der Waals surface area contributed by atoms with Crippen molar-refractivity contribution in [3.8, 4) is 5.75 Å². The Bertz CT molecular complexity index is 1100. The first-order valence-corrected chi connectivity index (χ1v) is 10.5. The molecule has 34 heavy (non-hydrogen) atoms. The van der Waals surface area contributed by atoms with Crippen molar-refractivity contribution < 1.29 is 32.2 Å². The normalized spacial score (nSPS) is 12.0. The average Bonchev–Trinajstić information content (AvgIpc) is 2.83. The van der Waals surface area contributed by atoms with Crippen molar-refractivity contribution in [3.63, 3.8) is 0 Å². The van der Waals surface area contributed by atoms with Crippen molar-refractivity contribution in [2.24, 2.45) is 0 Å². The van der Waals surface area contributed by atoms with Gasteiger partial charge in [0.25, 0.3) is 0 Å². The van der Waals surface area contributed by atoms with E-state index in [2.05, 4.69) is 5.32 Å². The van der Waals surface area contributed by atoms with Crippen LogP contribution >= 0.6 is 0 Å². The lowest BCUT2D eigenvalue weighted by Crippen LogP contribution is -2.43. The molecule has 178 valence electrons. The first-order chi connectivity index (χ1) is 16.2. The van der Waals surface area contributed by atoms with E-state index in [1.807, 2.05) is 30.3 Å². The summed E-state index contributed by atoms with van der Waals surface area (Å²) in [7, 11) is 1.20. The van der Waals surface area contributed by atoms with Gasteiger partial charge in [-0.3, -0.25) is 4.79 Å². The maximum Gasteiger partial charge on any atom is 0.416 e. The number of hydrogen-bond donors (Lipinski definition) is 1. The van der Waals surface area contributed by atoms with Crippen molar-refractivity contribution in [2.45, 2.75) is 31.7 Å². The van der Waals surface area contributed by atoms with Gasteiger partial charge in [0.2, 0.25) is 5.91 Å². The Morgan fingerprint density at radius 2 is 1.56 bits per heavy atom. The molecular weight excluding hydrogens is 447 g/mol. The molecule has 8 heteroatoms. The molecule has 0 aliphatic heterocycles. The van der Waals surface area contributed by atoms with Crippen LogP contribution in [0.3, 0.4) is 0 Å². The Labute approximate surface area is 195 Å². The van der Waals surface area contributed by atoms with Gasteiger partial charge in [-0.05, 0) is 34.9 Å². The van der Waals surface area contributed by atoms with Crippen LogP contribution < -0.4 is 10.1 Å². The van der Waals surface area contributed by atoms with Crippen LogP contribution in [0.4, 0.5) is 13.2 Å². The molecule has 1 atom stereocenters. The first-order valence-electron chi connectivity index (χ1n) is 10.5. The minimum absolute atomic E-state index is 0.153. The second-order valence-corrected chi connectivity index (χ2v) is 7.64. The second kappa shape index (κ2) is 11.4. The molecule has 0 unspecified atom stereocenters. The van der Waals surface area contributed by atoms with Crippen LogP contribution in [-0.2, 0) is 40.0 Å². The highest BCUT2D eigenvalue weighted by molar-refractivity contribution is 5.85. The third-order valence-electron chi connectivity index (χ3n) is 5.05. The maximum atomic E-state index is 12.9. The molecule has 0 aliphatic carbocycles. The Hall–Kier alpha value is -3.81. The third-order valence-corrected chi connectivity index (χ3v) is 5.05. The van der Waals surface area contributed by atoms with Gasteiger partial charge in [-0.1, -0.05) is 60.7 Å². The highest BCUT2D eigenvalue weighted by atomic mass is 19.4. The van der Waals surface area contributed by atoms with E-state index < -0.39 is 29.7 Å². The van der Waals surface area contributed by atoms with Gasteiger partial charge in [-0.25, -0.2) is 4.79 Å². The fourth-order valence-electron chi connectivity index (χ4n) is 3.32.